The predicted molar refractivity (Wildman–Crippen MR) is 54.5 cm³/mol. The number of aliphatic hydroxyl groups excluding tert-OH is 3. The van der Waals surface area contributed by atoms with Crippen molar-refractivity contribution in [2.24, 2.45) is 5.11 Å². The highest BCUT2D eigenvalue weighted by atomic mass is 16.7. The smallest absolute Gasteiger partial charge is 0.183 e. The Labute approximate surface area is 93.0 Å². The van der Waals surface area contributed by atoms with E-state index in [0.29, 0.717) is 0 Å². The van der Waals surface area contributed by atoms with Crippen LogP contribution in [0.2, 0.25) is 0 Å². The molecule has 0 rings (SSSR count). The SMILES string of the molecule is COC(OC(CN=[N+]=[N-])C(O)CO)C(C)O. The lowest BCUT2D eigenvalue weighted by atomic mass is 10.2. The van der Waals surface area contributed by atoms with Gasteiger partial charge in [-0.1, -0.05) is 5.11 Å². The van der Waals surface area contributed by atoms with E-state index in [4.69, 9.17) is 20.1 Å². The lowest BCUT2D eigenvalue weighted by molar-refractivity contribution is -0.216. The van der Waals surface area contributed by atoms with Crippen molar-refractivity contribution in [1.29, 1.82) is 0 Å². The number of methoxy groups -OCH3 is 1. The first kappa shape index (κ1) is 15.1. The van der Waals surface area contributed by atoms with Gasteiger partial charge in [0, 0.05) is 12.0 Å². The molecule has 0 bridgehead atoms. The molecule has 4 atom stereocenters. The Morgan fingerprint density at radius 3 is 2.44 bits per heavy atom. The van der Waals surface area contributed by atoms with Gasteiger partial charge in [-0.25, -0.2) is 0 Å². The van der Waals surface area contributed by atoms with E-state index in [-0.39, 0.29) is 6.54 Å². The highest BCUT2D eigenvalue weighted by Crippen LogP contribution is 2.09. The van der Waals surface area contributed by atoms with Crippen LogP contribution >= 0.6 is 0 Å². The van der Waals surface area contributed by atoms with E-state index in [0.717, 1.165) is 0 Å². The van der Waals surface area contributed by atoms with E-state index >= 15 is 0 Å². The van der Waals surface area contributed by atoms with Crippen LogP contribution in [-0.4, -0.2) is 60.2 Å². The number of ether oxygens (including phenoxy) is 2. The first-order valence-corrected chi connectivity index (χ1v) is 4.72. The minimum atomic E-state index is -1.21. The average Bonchev–Trinajstić information content (AvgIpc) is 2.28. The second-order valence-corrected chi connectivity index (χ2v) is 3.18. The van der Waals surface area contributed by atoms with Crippen LogP contribution < -0.4 is 0 Å². The summed E-state index contributed by atoms with van der Waals surface area (Å²) in [7, 11) is 1.33. The summed E-state index contributed by atoms with van der Waals surface area (Å²) in [5, 5.41) is 30.6. The van der Waals surface area contributed by atoms with Crippen molar-refractivity contribution in [2.45, 2.75) is 31.5 Å². The van der Waals surface area contributed by atoms with Crippen LogP contribution in [0.15, 0.2) is 5.11 Å². The first-order chi connectivity index (χ1) is 7.56. The van der Waals surface area contributed by atoms with E-state index in [9.17, 15) is 10.2 Å². The summed E-state index contributed by atoms with van der Waals surface area (Å²) in [6.45, 7) is 0.747. The van der Waals surface area contributed by atoms with Crippen LogP contribution in [0.25, 0.3) is 10.4 Å². The van der Waals surface area contributed by atoms with Crippen LogP contribution in [0.3, 0.4) is 0 Å². The molecule has 0 amide bonds. The maximum absolute atomic E-state index is 9.38. The van der Waals surface area contributed by atoms with Crippen LogP contribution in [0.1, 0.15) is 6.92 Å². The van der Waals surface area contributed by atoms with Gasteiger partial charge in [-0.2, -0.15) is 0 Å². The molecule has 0 heterocycles. The van der Waals surface area contributed by atoms with Crippen molar-refractivity contribution in [1.82, 2.24) is 0 Å². The summed E-state index contributed by atoms with van der Waals surface area (Å²) < 4.78 is 9.99. The molecule has 94 valence electrons. The molecule has 0 saturated carbocycles. The summed E-state index contributed by atoms with van der Waals surface area (Å²) in [6, 6.07) is 0. The van der Waals surface area contributed by atoms with Crippen LogP contribution in [0.4, 0.5) is 0 Å². The number of hydrogen-bond acceptors (Lipinski definition) is 6. The third-order valence-corrected chi connectivity index (χ3v) is 1.88. The largest absolute Gasteiger partial charge is 0.394 e. The third-order valence-electron chi connectivity index (χ3n) is 1.88. The molecule has 0 aromatic heterocycles. The molecule has 0 fully saturated rings. The second-order valence-electron chi connectivity index (χ2n) is 3.18. The molecule has 0 spiro atoms. The third kappa shape index (κ3) is 5.26. The molecular formula is C8H17N3O5. The quantitative estimate of drug-likeness (QED) is 0.224. The van der Waals surface area contributed by atoms with Gasteiger partial charge in [0.15, 0.2) is 6.29 Å². The van der Waals surface area contributed by atoms with Gasteiger partial charge in [0.1, 0.15) is 12.2 Å². The summed E-state index contributed by atoms with van der Waals surface area (Å²) in [5.41, 5.74) is 8.15. The number of azide groups is 1. The van der Waals surface area contributed by atoms with Crippen LogP contribution in [0, 0.1) is 0 Å². The fraction of sp³-hybridized carbons (Fsp3) is 1.00. The lowest BCUT2D eigenvalue weighted by Crippen LogP contribution is -2.41. The van der Waals surface area contributed by atoms with Gasteiger partial charge in [-0.05, 0) is 12.5 Å². The molecule has 8 heteroatoms. The van der Waals surface area contributed by atoms with Gasteiger partial charge < -0.3 is 24.8 Å². The Morgan fingerprint density at radius 1 is 1.44 bits per heavy atom. The number of rotatable bonds is 8. The molecule has 3 N–H and O–H groups in total. The predicted octanol–water partition coefficient (Wildman–Crippen LogP) is -0.612. The van der Waals surface area contributed by atoms with Gasteiger partial charge in [0.2, 0.25) is 0 Å². The Kier molecular flexibility index (Phi) is 7.82. The highest BCUT2D eigenvalue weighted by Gasteiger charge is 2.25. The van der Waals surface area contributed by atoms with Gasteiger partial charge in [0.05, 0.1) is 19.3 Å². The summed E-state index contributed by atoms with van der Waals surface area (Å²) in [6.07, 6.45) is -4.01. The van der Waals surface area contributed by atoms with Crippen molar-refractivity contribution in [3.05, 3.63) is 10.4 Å². The van der Waals surface area contributed by atoms with Gasteiger partial charge in [0.25, 0.3) is 0 Å². The standard InChI is InChI=1S/C8H17N3O5/c1-5(13)8(15-2)16-7(3-10-11-9)6(14)4-12/h5-8,12-14H,3-4H2,1-2H3. The van der Waals surface area contributed by atoms with Crippen LogP contribution in [0.5, 0.6) is 0 Å². The van der Waals surface area contributed by atoms with Crippen molar-refractivity contribution in [3.63, 3.8) is 0 Å². The molecule has 0 saturated heterocycles. The normalized spacial score (nSPS) is 18.3. The van der Waals surface area contributed by atoms with E-state index in [2.05, 4.69) is 10.0 Å². The fourth-order valence-electron chi connectivity index (χ4n) is 1.03. The Balaban J connectivity index is 4.44. The zero-order valence-corrected chi connectivity index (χ0v) is 9.22. The molecule has 4 unspecified atom stereocenters. The first-order valence-electron chi connectivity index (χ1n) is 4.72. The average molecular weight is 235 g/mol. The molecule has 0 aliphatic heterocycles. The number of nitrogens with zero attached hydrogens (tertiary/aromatic N) is 3. The zero-order chi connectivity index (χ0) is 12.6. The zero-order valence-electron chi connectivity index (χ0n) is 9.22. The molecule has 0 aromatic rings. The molecule has 0 aliphatic rings. The second kappa shape index (κ2) is 8.28. The summed E-state index contributed by atoms with van der Waals surface area (Å²) >= 11 is 0. The maximum Gasteiger partial charge on any atom is 0.183 e. The molecule has 0 aromatic carbocycles. The van der Waals surface area contributed by atoms with E-state index in [1.807, 2.05) is 0 Å². The van der Waals surface area contributed by atoms with Crippen molar-refractivity contribution in [3.8, 4) is 0 Å². The molecule has 0 radical (unpaired) electrons. The van der Waals surface area contributed by atoms with Crippen molar-refractivity contribution < 1.29 is 24.8 Å². The fourth-order valence-corrected chi connectivity index (χ4v) is 1.03. The van der Waals surface area contributed by atoms with E-state index in [1.165, 1.54) is 14.0 Å². The molecule has 16 heavy (non-hydrogen) atoms. The molecule has 0 aliphatic carbocycles. The van der Waals surface area contributed by atoms with Gasteiger partial charge >= 0.3 is 0 Å². The van der Waals surface area contributed by atoms with Gasteiger partial charge in [-0.15, -0.1) is 0 Å². The summed E-state index contributed by atoms with van der Waals surface area (Å²) in [4.78, 5) is 2.52. The summed E-state index contributed by atoms with van der Waals surface area (Å²) in [5.74, 6) is 0. The van der Waals surface area contributed by atoms with Crippen molar-refractivity contribution in [2.75, 3.05) is 20.3 Å². The molecular weight excluding hydrogens is 218 g/mol. The lowest BCUT2D eigenvalue weighted by Gasteiger charge is -2.27. The van der Waals surface area contributed by atoms with Gasteiger partial charge in [-0.3, -0.25) is 0 Å². The monoisotopic (exact) mass is 235 g/mol. The number of aliphatic hydroxyl groups is 3. The van der Waals surface area contributed by atoms with Crippen molar-refractivity contribution >= 4 is 0 Å². The van der Waals surface area contributed by atoms with E-state index < -0.39 is 31.2 Å². The number of hydrogen-bond donors (Lipinski definition) is 3. The maximum atomic E-state index is 9.38. The minimum Gasteiger partial charge on any atom is -0.394 e. The Bertz CT molecular complexity index is 232. The Hall–Kier alpha value is -0.890. The minimum absolute atomic E-state index is 0.162. The topological polar surface area (TPSA) is 128 Å². The highest BCUT2D eigenvalue weighted by molar-refractivity contribution is 4.72. The van der Waals surface area contributed by atoms with Crippen LogP contribution in [-0.2, 0) is 9.47 Å². The molecule has 8 nitrogen and oxygen atoms in total. The van der Waals surface area contributed by atoms with E-state index in [1.54, 1.807) is 0 Å². The Morgan fingerprint density at radius 2 is 2.06 bits per heavy atom.